The fourth-order valence-corrected chi connectivity index (χ4v) is 3.43. The zero-order chi connectivity index (χ0) is 11.4. The first-order chi connectivity index (χ1) is 7.81. The Hall–Kier alpha value is -0.470. The summed E-state index contributed by atoms with van der Waals surface area (Å²) in [6.07, 6.45) is 4.17. The largest absolute Gasteiger partial charge is 0.320 e. The smallest absolute Gasteiger partial charge is 0.0135 e. The molecule has 1 aliphatic carbocycles. The maximum atomic E-state index is 3.27. The Labute approximate surface area is 103 Å². The molecule has 0 saturated heterocycles. The number of thioether (sulfide) groups is 1. The Morgan fingerprint density at radius 1 is 1.38 bits per heavy atom. The fraction of sp³-hybridized carbons (Fsp3) is 0.571. The predicted octanol–water partition coefficient (Wildman–Crippen LogP) is 3.48. The summed E-state index contributed by atoms with van der Waals surface area (Å²) in [5, 5.41) is 4.08. The Morgan fingerprint density at radius 3 is 2.75 bits per heavy atom. The van der Waals surface area contributed by atoms with Gasteiger partial charge in [-0.15, -0.1) is 11.8 Å². The molecule has 1 aromatic carbocycles. The average Bonchev–Trinajstić information content (AvgIpc) is 3.10. The topological polar surface area (TPSA) is 12.0 Å². The number of hydrogen-bond acceptors (Lipinski definition) is 2. The Kier molecular flexibility index (Phi) is 4.30. The van der Waals surface area contributed by atoms with E-state index in [0.29, 0.717) is 0 Å². The standard InChI is InChI=1S/C14H21NS/c1-11-5-3-4-6-13(11)16-14(9-10-15-2)12-7-8-12/h3-6,12,14-15H,7-10H2,1-2H3. The molecule has 1 aromatic rings. The van der Waals surface area contributed by atoms with E-state index in [2.05, 4.69) is 48.3 Å². The van der Waals surface area contributed by atoms with Gasteiger partial charge in [0.1, 0.15) is 0 Å². The maximum absolute atomic E-state index is 3.27. The van der Waals surface area contributed by atoms with E-state index in [-0.39, 0.29) is 0 Å². The van der Waals surface area contributed by atoms with Crippen LogP contribution >= 0.6 is 11.8 Å². The van der Waals surface area contributed by atoms with E-state index in [4.69, 9.17) is 0 Å². The zero-order valence-electron chi connectivity index (χ0n) is 10.2. The molecule has 1 aliphatic rings. The second-order valence-electron chi connectivity index (χ2n) is 4.65. The minimum Gasteiger partial charge on any atom is -0.320 e. The molecule has 1 nitrogen and oxygen atoms in total. The van der Waals surface area contributed by atoms with Gasteiger partial charge in [0, 0.05) is 10.1 Å². The highest BCUT2D eigenvalue weighted by molar-refractivity contribution is 8.00. The second-order valence-corrected chi connectivity index (χ2v) is 5.93. The van der Waals surface area contributed by atoms with Gasteiger partial charge >= 0.3 is 0 Å². The normalized spacial score (nSPS) is 17.4. The molecule has 0 heterocycles. The molecule has 0 aromatic heterocycles. The summed E-state index contributed by atoms with van der Waals surface area (Å²) in [5.74, 6) is 0.970. The summed E-state index contributed by atoms with van der Waals surface area (Å²) < 4.78 is 0. The van der Waals surface area contributed by atoms with Crippen molar-refractivity contribution in [1.82, 2.24) is 5.32 Å². The molecule has 1 fully saturated rings. The molecule has 0 aliphatic heterocycles. The summed E-state index contributed by atoms with van der Waals surface area (Å²) in [4.78, 5) is 1.47. The highest BCUT2D eigenvalue weighted by atomic mass is 32.2. The molecular formula is C14H21NS. The van der Waals surface area contributed by atoms with Gasteiger partial charge < -0.3 is 5.32 Å². The first kappa shape index (κ1) is 12.0. The van der Waals surface area contributed by atoms with Crippen molar-refractivity contribution in [3.05, 3.63) is 29.8 Å². The number of rotatable bonds is 6. The van der Waals surface area contributed by atoms with Crippen LogP contribution in [0.3, 0.4) is 0 Å². The third kappa shape index (κ3) is 3.26. The Morgan fingerprint density at radius 2 is 2.12 bits per heavy atom. The van der Waals surface area contributed by atoms with Crippen LogP contribution in [0.5, 0.6) is 0 Å². The molecule has 0 bridgehead atoms. The van der Waals surface area contributed by atoms with Crippen molar-refractivity contribution in [2.75, 3.05) is 13.6 Å². The van der Waals surface area contributed by atoms with Crippen molar-refractivity contribution >= 4 is 11.8 Å². The van der Waals surface area contributed by atoms with Crippen molar-refractivity contribution in [2.24, 2.45) is 5.92 Å². The van der Waals surface area contributed by atoms with E-state index < -0.39 is 0 Å². The van der Waals surface area contributed by atoms with E-state index in [1.54, 1.807) is 0 Å². The monoisotopic (exact) mass is 235 g/mol. The van der Waals surface area contributed by atoms with Gasteiger partial charge in [0.25, 0.3) is 0 Å². The van der Waals surface area contributed by atoms with Crippen molar-refractivity contribution in [1.29, 1.82) is 0 Å². The average molecular weight is 235 g/mol. The van der Waals surface area contributed by atoms with E-state index in [9.17, 15) is 0 Å². The number of aryl methyl sites for hydroxylation is 1. The molecule has 88 valence electrons. The molecule has 1 atom stereocenters. The van der Waals surface area contributed by atoms with Crippen molar-refractivity contribution in [3.8, 4) is 0 Å². The summed E-state index contributed by atoms with van der Waals surface area (Å²) in [6, 6.07) is 8.75. The third-order valence-electron chi connectivity index (χ3n) is 3.20. The van der Waals surface area contributed by atoms with Crippen LogP contribution in [-0.4, -0.2) is 18.8 Å². The lowest BCUT2D eigenvalue weighted by Crippen LogP contribution is -2.16. The molecular weight excluding hydrogens is 214 g/mol. The van der Waals surface area contributed by atoms with Crippen LogP contribution in [0.1, 0.15) is 24.8 Å². The molecule has 1 unspecified atom stereocenters. The molecule has 2 heteroatoms. The van der Waals surface area contributed by atoms with Crippen LogP contribution in [-0.2, 0) is 0 Å². The van der Waals surface area contributed by atoms with Crippen LogP contribution in [0.4, 0.5) is 0 Å². The summed E-state index contributed by atoms with van der Waals surface area (Å²) in [7, 11) is 2.04. The van der Waals surface area contributed by atoms with Crippen LogP contribution in [0.15, 0.2) is 29.2 Å². The minimum atomic E-state index is 0.813. The SMILES string of the molecule is CNCCC(Sc1ccccc1C)C1CC1. The highest BCUT2D eigenvalue weighted by Crippen LogP contribution is 2.43. The summed E-state index contributed by atoms with van der Waals surface area (Å²) in [6.45, 7) is 3.35. The fourth-order valence-electron chi connectivity index (χ4n) is 2.00. The van der Waals surface area contributed by atoms with Crippen LogP contribution in [0.2, 0.25) is 0 Å². The molecule has 1 saturated carbocycles. The lowest BCUT2D eigenvalue weighted by atomic mass is 10.2. The second kappa shape index (κ2) is 5.74. The van der Waals surface area contributed by atoms with Gasteiger partial charge in [0.05, 0.1) is 0 Å². The van der Waals surface area contributed by atoms with Crippen molar-refractivity contribution < 1.29 is 0 Å². The predicted molar refractivity (Wildman–Crippen MR) is 72.1 cm³/mol. The summed E-state index contributed by atoms with van der Waals surface area (Å²) >= 11 is 2.09. The molecule has 2 rings (SSSR count). The lowest BCUT2D eigenvalue weighted by molar-refractivity contribution is 0.646. The maximum Gasteiger partial charge on any atom is 0.0135 e. The van der Waals surface area contributed by atoms with Gasteiger partial charge in [-0.05, 0) is 57.3 Å². The van der Waals surface area contributed by atoms with Gasteiger partial charge in [-0.3, -0.25) is 0 Å². The number of nitrogens with one attached hydrogen (secondary N) is 1. The van der Waals surface area contributed by atoms with E-state index >= 15 is 0 Å². The third-order valence-corrected chi connectivity index (χ3v) is 4.83. The number of benzene rings is 1. The van der Waals surface area contributed by atoms with E-state index in [1.807, 2.05) is 7.05 Å². The van der Waals surface area contributed by atoms with Gasteiger partial charge in [0.15, 0.2) is 0 Å². The van der Waals surface area contributed by atoms with Gasteiger partial charge in [-0.25, -0.2) is 0 Å². The number of hydrogen-bond donors (Lipinski definition) is 1. The van der Waals surface area contributed by atoms with Crippen molar-refractivity contribution in [2.45, 2.75) is 36.3 Å². The highest BCUT2D eigenvalue weighted by Gasteiger charge is 2.31. The van der Waals surface area contributed by atoms with Gasteiger partial charge in [0.2, 0.25) is 0 Å². The first-order valence-corrected chi connectivity index (χ1v) is 7.06. The van der Waals surface area contributed by atoms with Crippen LogP contribution < -0.4 is 5.32 Å². The van der Waals surface area contributed by atoms with Crippen LogP contribution in [0.25, 0.3) is 0 Å². The quantitative estimate of drug-likeness (QED) is 0.758. The van der Waals surface area contributed by atoms with E-state index in [0.717, 1.165) is 17.7 Å². The van der Waals surface area contributed by atoms with E-state index in [1.165, 1.54) is 29.7 Å². The minimum absolute atomic E-state index is 0.813. The Bertz CT molecular complexity index is 333. The van der Waals surface area contributed by atoms with Gasteiger partial charge in [-0.2, -0.15) is 0 Å². The van der Waals surface area contributed by atoms with Gasteiger partial charge in [-0.1, -0.05) is 18.2 Å². The molecule has 16 heavy (non-hydrogen) atoms. The molecule has 0 radical (unpaired) electrons. The zero-order valence-corrected chi connectivity index (χ0v) is 11.0. The Balaban J connectivity index is 1.97. The first-order valence-electron chi connectivity index (χ1n) is 6.18. The lowest BCUT2D eigenvalue weighted by Gasteiger charge is -2.16. The van der Waals surface area contributed by atoms with Crippen molar-refractivity contribution in [3.63, 3.8) is 0 Å². The van der Waals surface area contributed by atoms with Crippen LogP contribution in [0, 0.1) is 12.8 Å². The summed E-state index contributed by atoms with van der Waals surface area (Å²) in [5.41, 5.74) is 1.42. The molecule has 1 N–H and O–H groups in total. The molecule has 0 amide bonds. The molecule has 0 spiro atoms.